The van der Waals surface area contributed by atoms with Crippen LogP contribution < -0.4 is 10.3 Å². The number of alkyl halides is 2. The largest absolute Gasteiger partial charge is 0.468 e. The summed E-state index contributed by atoms with van der Waals surface area (Å²) in [5.41, 5.74) is 0.485. The molecule has 0 aliphatic carbocycles. The molecule has 0 aliphatic heterocycles. The number of benzene rings is 1. The first-order chi connectivity index (χ1) is 10.9. The van der Waals surface area contributed by atoms with Crippen LogP contribution in [0.15, 0.2) is 29.1 Å². The van der Waals surface area contributed by atoms with E-state index < -0.39 is 18.5 Å². The van der Waals surface area contributed by atoms with Crippen molar-refractivity contribution in [3.05, 3.63) is 51.3 Å². The van der Waals surface area contributed by atoms with Gasteiger partial charge in [0.2, 0.25) is 0 Å². The molecule has 8 heteroatoms. The Kier molecular flexibility index (Phi) is 8.50. The number of ether oxygens (including phenoxy) is 2. The summed E-state index contributed by atoms with van der Waals surface area (Å²) in [6.45, 7) is 0.890. The molecule has 2 rings (SSSR count). The van der Waals surface area contributed by atoms with Crippen LogP contribution in [0.2, 0.25) is 5.02 Å². The molecule has 0 N–H and O–H groups in total. The molecule has 0 bridgehead atoms. The quantitative estimate of drug-likeness (QED) is 0.519. The number of aromatic nitrogens is 1. The summed E-state index contributed by atoms with van der Waals surface area (Å²) < 4.78 is 36.6. The van der Waals surface area contributed by atoms with Crippen LogP contribution >= 0.6 is 11.6 Å². The number of methoxy groups -OCH3 is 1. The summed E-state index contributed by atoms with van der Waals surface area (Å²) in [5.74, 6) is 0.468. The van der Waals surface area contributed by atoms with Gasteiger partial charge in [-0.3, -0.25) is 4.79 Å². The summed E-state index contributed by atoms with van der Waals surface area (Å²) in [6.07, 6.45) is -2.66. The zero-order chi connectivity index (χ0) is 17.0. The molecule has 0 fully saturated rings. The van der Waals surface area contributed by atoms with Gasteiger partial charge in [-0.05, 0) is 17.2 Å². The summed E-state index contributed by atoms with van der Waals surface area (Å²) in [6, 6.07) is 9.05. The van der Waals surface area contributed by atoms with Crippen LogP contribution in [-0.4, -0.2) is 24.9 Å². The first-order valence-corrected chi connectivity index (χ1v) is 7.13. The maximum atomic E-state index is 12.8. The van der Waals surface area contributed by atoms with Gasteiger partial charge in [0.1, 0.15) is 5.75 Å². The van der Waals surface area contributed by atoms with E-state index in [0.29, 0.717) is 16.9 Å². The predicted molar refractivity (Wildman–Crippen MR) is 83.2 cm³/mol. The minimum Gasteiger partial charge on any atom is -0.468 e. The maximum absolute atomic E-state index is 12.8. The van der Waals surface area contributed by atoms with E-state index in [0.717, 1.165) is 4.57 Å². The van der Waals surface area contributed by atoms with E-state index >= 15 is 0 Å². The topological polar surface area (TPSA) is 40.5 Å². The van der Waals surface area contributed by atoms with Gasteiger partial charge < -0.3 is 14.0 Å². The Morgan fingerprint density at radius 2 is 2.08 bits per heavy atom. The van der Waals surface area contributed by atoms with Crippen LogP contribution in [0, 0.1) is 13.0 Å². The molecule has 24 heavy (non-hydrogen) atoms. The van der Waals surface area contributed by atoms with E-state index in [1.54, 1.807) is 19.1 Å². The molecule has 0 unspecified atom stereocenters. The second-order valence-electron chi connectivity index (χ2n) is 4.82. The van der Waals surface area contributed by atoms with E-state index in [4.69, 9.17) is 21.1 Å². The van der Waals surface area contributed by atoms with Gasteiger partial charge in [0.05, 0.1) is 6.54 Å². The van der Waals surface area contributed by atoms with Gasteiger partial charge in [0, 0.05) is 39.8 Å². The van der Waals surface area contributed by atoms with Crippen molar-refractivity contribution in [1.82, 2.24) is 4.57 Å². The van der Waals surface area contributed by atoms with Gasteiger partial charge in [-0.2, -0.15) is 12.1 Å². The number of aryl methyl sites for hydroxylation is 1. The molecule has 0 saturated carbocycles. The van der Waals surface area contributed by atoms with Gasteiger partial charge in [0.15, 0.2) is 12.4 Å². The predicted octanol–water partition coefficient (Wildman–Crippen LogP) is 3.52. The van der Waals surface area contributed by atoms with Crippen molar-refractivity contribution >= 4 is 11.6 Å². The molecule has 1 aromatic carbocycles. The fourth-order valence-corrected chi connectivity index (χ4v) is 2.33. The molecule has 2 aromatic rings. The Morgan fingerprint density at radius 1 is 1.38 bits per heavy atom. The fourth-order valence-electron chi connectivity index (χ4n) is 2.07. The average molecular weight is 432 g/mol. The Balaban J connectivity index is 0.00000288. The standard InChI is InChI=1S/C16H15ClF2NO3.Y/c1-10-3-6-14(20(16(10)21)8-15(18)19)12-5-4-11(7-13(12)17)23-9-22-2;/h3-5,7,15H,8-9H2,1-2H3;/q-1;. The van der Waals surface area contributed by atoms with E-state index in [9.17, 15) is 13.6 Å². The number of rotatable bonds is 6. The second-order valence-corrected chi connectivity index (χ2v) is 5.23. The van der Waals surface area contributed by atoms with Crippen LogP contribution in [0.1, 0.15) is 5.56 Å². The Labute approximate surface area is 168 Å². The number of nitrogens with zero attached hydrogens (tertiary/aromatic N) is 1. The van der Waals surface area contributed by atoms with E-state index in [2.05, 4.69) is 6.07 Å². The van der Waals surface area contributed by atoms with E-state index in [1.807, 2.05) is 0 Å². The maximum Gasteiger partial charge on any atom is 0.256 e. The second kappa shape index (κ2) is 9.61. The molecule has 0 saturated heterocycles. The third-order valence-corrected chi connectivity index (χ3v) is 3.45. The van der Waals surface area contributed by atoms with Gasteiger partial charge in [-0.15, -0.1) is 6.07 Å². The summed E-state index contributed by atoms with van der Waals surface area (Å²) in [7, 11) is 1.49. The summed E-state index contributed by atoms with van der Waals surface area (Å²) in [5, 5.41) is 0.265. The van der Waals surface area contributed by atoms with Crippen LogP contribution in [0.5, 0.6) is 5.75 Å². The first-order valence-electron chi connectivity index (χ1n) is 6.76. The molecule has 0 amide bonds. The number of halogens is 3. The monoisotopic (exact) mass is 431 g/mol. The minimum absolute atomic E-state index is 0. The Bertz CT molecular complexity index is 753. The van der Waals surface area contributed by atoms with Gasteiger partial charge in [0.25, 0.3) is 6.43 Å². The zero-order valence-corrected chi connectivity index (χ0v) is 16.8. The summed E-state index contributed by atoms with van der Waals surface area (Å²) in [4.78, 5) is 12.1. The third kappa shape index (κ3) is 5.09. The van der Waals surface area contributed by atoms with Gasteiger partial charge in [-0.1, -0.05) is 35.3 Å². The van der Waals surface area contributed by atoms with Crippen molar-refractivity contribution in [3.63, 3.8) is 0 Å². The SMILES string of the molecule is COCOc1ccc(-c2[c-]cc(C)c(=O)n2CC(F)F)c(Cl)c1.[Y]. The molecular formula is C16H15ClF2NO3Y-. The Morgan fingerprint density at radius 3 is 2.67 bits per heavy atom. The fraction of sp³-hybridized carbons (Fsp3) is 0.312. The van der Waals surface area contributed by atoms with E-state index in [1.165, 1.54) is 19.2 Å². The number of hydrogen-bond donors (Lipinski definition) is 0. The van der Waals surface area contributed by atoms with Crippen molar-refractivity contribution in [2.24, 2.45) is 0 Å². The van der Waals surface area contributed by atoms with Crippen molar-refractivity contribution in [2.75, 3.05) is 13.9 Å². The molecule has 127 valence electrons. The van der Waals surface area contributed by atoms with Crippen LogP contribution in [0.3, 0.4) is 0 Å². The summed E-state index contributed by atoms with van der Waals surface area (Å²) >= 11 is 6.20. The molecule has 0 aliphatic rings. The van der Waals surface area contributed by atoms with Crippen LogP contribution in [0.25, 0.3) is 11.3 Å². The molecule has 1 aromatic heterocycles. The molecule has 0 atom stereocenters. The molecular weight excluding hydrogens is 417 g/mol. The van der Waals surface area contributed by atoms with Crippen LogP contribution in [0.4, 0.5) is 8.78 Å². The van der Waals surface area contributed by atoms with Crippen molar-refractivity contribution < 1.29 is 51.0 Å². The number of hydrogen-bond acceptors (Lipinski definition) is 3. The van der Waals surface area contributed by atoms with E-state index in [-0.39, 0.29) is 50.2 Å². The number of pyridine rings is 1. The van der Waals surface area contributed by atoms with Crippen molar-refractivity contribution in [1.29, 1.82) is 0 Å². The zero-order valence-electron chi connectivity index (χ0n) is 13.2. The normalized spacial score (nSPS) is 10.6. The van der Waals surface area contributed by atoms with Crippen molar-refractivity contribution in [2.45, 2.75) is 19.9 Å². The Hall–Kier alpha value is -0.816. The smallest absolute Gasteiger partial charge is 0.256 e. The molecule has 1 heterocycles. The van der Waals surface area contributed by atoms with Gasteiger partial charge in [-0.25, -0.2) is 8.78 Å². The molecule has 1 radical (unpaired) electrons. The molecule has 4 nitrogen and oxygen atoms in total. The molecule has 0 spiro atoms. The minimum atomic E-state index is -2.66. The first kappa shape index (κ1) is 21.2. The van der Waals surface area contributed by atoms with Crippen molar-refractivity contribution in [3.8, 4) is 17.0 Å². The third-order valence-electron chi connectivity index (χ3n) is 3.14. The van der Waals surface area contributed by atoms with Crippen LogP contribution in [-0.2, 0) is 44.0 Å². The average Bonchev–Trinajstić information content (AvgIpc) is 2.50. The van der Waals surface area contributed by atoms with Gasteiger partial charge >= 0.3 is 0 Å².